The van der Waals surface area contributed by atoms with Crippen molar-refractivity contribution in [3.63, 3.8) is 0 Å². The van der Waals surface area contributed by atoms with Crippen LogP contribution in [0.25, 0.3) is 0 Å². The number of aryl methyl sites for hydroxylation is 1. The molecule has 1 atom stereocenters. The molecule has 5 nitrogen and oxygen atoms in total. The van der Waals surface area contributed by atoms with Gasteiger partial charge >= 0.3 is 0 Å². The first-order valence-electron chi connectivity index (χ1n) is 8.61. The van der Waals surface area contributed by atoms with E-state index in [0.29, 0.717) is 6.54 Å². The molecule has 0 amide bonds. The molecule has 1 unspecified atom stereocenters. The molecule has 4 rings (SSSR count). The van der Waals surface area contributed by atoms with Crippen molar-refractivity contribution in [1.82, 2.24) is 10.0 Å². The zero-order valence-electron chi connectivity index (χ0n) is 14.8. The molecule has 2 aliphatic heterocycles. The van der Waals surface area contributed by atoms with Crippen LogP contribution in [0.15, 0.2) is 71.1 Å². The van der Waals surface area contributed by atoms with Crippen LogP contribution in [-0.2, 0) is 4.74 Å². The van der Waals surface area contributed by atoms with Gasteiger partial charge in [0.2, 0.25) is 5.96 Å². The van der Waals surface area contributed by atoms with Crippen LogP contribution >= 0.6 is 0 Å². The molecule has 3 aliphatic rings. The largest absolute Gasteiger partial charge is 0.497 e. The molecule has 26 heavy (non-hydrogen) atoms. The highest BCUT2D eigenvalue weighted by molar-refractivity contribution is 5.95. The van der Waals surface area contributed by atoms with Gasteiger partial charge in [0.05, 0.1) is 26.2 Å². The number of nitrogens with zero attached hydrogens (tertiary/aromatic N) is 3. The summed E-state index contributed by atoms with van der Waals surface area (Å²) < 4.78 is 18.9. The quantitative estimate of drug-likeness (QED) is 0.906. The monoisotopic (exact) mass is 352 g/mol. The van der Waals surface area contributed by atoms with Gasteiger partial charge in [-0.05, 0) is 48.4 Å². The highest BCUT2D eigenvalue weighted by atomic mass is 19.1. The summed E-state index contributed by atoms with van der Waals surface area (Å²) in [6.45, 7) is 3.40. The molecular weight excluding hydrogens is 331 g/mol. The van der Waals surface area contributed by atoms with E-state index in [0.717, 1.165) is 35.1 Å². The number of hydrogen-bond acceptors (Lipinski definition) is 5. The average molecular weight is 352 g/mol. The van der Waals surface area contributed by atoms with E-state index in [1.807, 2.05) is 31.4 Å². The van der Waals surface area contributed by atoms with E-state index in [1.165, 1.54) is 12.1 Å². The number of fused-ring (bicyclic) bond motifs is 1. The second-order valence-corrected chi connectivity index (χ2v) is 6.36. The molecule has 1 aromatic rings. The SMILES string of the molecule is COC1=CC2=CC=CN(N3CCN=C3Nc3cc(F)ccc3C)C2C=C1. The Morgan fingerprint density at radius 3 is 3.08 bits per heavy atom. The van der Waals surface area contributed by atoms with Crippen molar-refractivity contribution in [3.05, 3.63) is 77.5 Å². The number of hydrazine groups is 1. The number of benzene rings is 1. The Morgan fingerprint density at radius 1 is 1.35 bits per heavy atom. The summed E-state index contributed by atoms with van der Waals surface area (Å²) in [6.07, 6.45) is 12.3. The molecule has 0 saturated heterocycles. The molecule has 0 bridgehead atoms. The van der Waals surface area contributed by atoms with E-state index in [4.69, 9.17) is 4.74 Å². The van der Waals surface area contributed by atoms with Crippen LogP contribution in [0.4, 0.5) is 10.1 Å². The fraction of sp³-hybridized carbons (Fsp3) is 0.250. The standard InChI is InChI=1S/C20H21FN4O/c1-14-5-6-16(21)13-18(14)23-20-22-9-11-25(20)24-10-3-4-15-12-17(26-2)7-8-19(15)24/h3-8,10,12-13,19H,9,11H2,1-2H3,(H,22,23). The average Bonchev–Trinajstić information content (AvgIpc) is 3.11. The maximum Gasteiger partial charge on any atom is 0.217 e. The first-order valence-corrected chi connectivity index (χ1v) is 8.61. The Hall–Kier alpha value is -3.02. The van der Waals surface area contributed by atoms with Gasteiger partial charge in [-0.15, -0.1) is 0 Å². The highest BCUT2D eigenvalue weighted by Gasteiger charge is 2.30. The zero-order valence-corrected chi connectivity index (χ0v) is 14.8. The second kappa shape index (κ2) is 6.71. The molecule has 6 heteroatoms. The van der Waals surface area contributed by atoms with Crippen LogP contribution in [-0.4, -0.2) is 42.2 Å². The molecule has 0 aromatic heterocycles. The van der Waals surface area contributed by atoms with Crippen LogP contribution in [0, 0.1) is 12.7 Å². The summed E-state index contributed by atoms with van der Waals surface area (Å²) in [4.78, 5) is 4.58. The number of hydrogen-bond donors (Lipinski definition) is 1. The molecular formula is C20H21FN4O. The first kappa shape index (κ1) is 16.4. The molecule has 2 heterocycles. The van der Waals surface area contributed by atoms with Gasteiger partial charge in [0.15, 0.2) is 0 Å². The van der Waals surface area contributed by atoms with E-state index in [1.54, 1.807) is 13.2 Å². The lowest BCUT2D eigenvalue weighted by Crippen LogP contribution is -2.50. The van der Waals surface area contributed by atoms with E-state index in [9.17, 15) is 4.39 Å². The minimum atomic E-state index is -0.265. The smallest absolute Gasteiger partial charge is 0.217 e. The van der Waals surface area contributed by atoms with Crippen molar-refractivity contribution >= 4 is 11.6 Å². The molecule has 0 saturated carbocycles. The van der Waals surface area contributed by atoms with Crippen molar-refractivity contribution in [2.45, 2.75) is 13.0 Å². The normalized spacial score (nSPS) is 21.2. The minimum Gasteiger partial charge on any atom is -0.497 e. The Bertz CT molecular complexity index is 869. The molecule has 134 valence electrons. The summed E-state index contributed by atoms with van der Waals surface area (Å²) in [5.41, 5.74) is 2.86. The predicted octanol–water partition coefficient (Wildman–Crippen LogP) is 3.36. The first-order chi connectivity index (χ1) is 12.7. The van der Waals surface area contributed by atoms with Gasteiger partial charge < -0.3 is 10.1 Å². The number of anilines is 1. The van der Waals surface area contributed by atoms with Gasteiger partial charge in [0.25, 0.3) is 0 Å². The van der Waals surface area contributed by atoms with Crippen molar-refractivity contribution in [1.29, 1.82) is 0 Å². The second-order valence-electron chi connectivity index (χ2n) is 6.36. The van der Waals surface area contributed by atoms with Crippen molar-refractivity contribution in [2.24, 2.45) is 4.99 Å². The van der Waals surface area contributed by atoms with Gasteiger partial charge in [-0.2, -0.15) is 0 Å². The molecule has 1 aromatic carbocycles. The molecule has 0 spiro atoms. The molecule has 1 N–H and O–H groups in total. The summed E-state index contributed by atoms with van der Waals surface area (Å²) in [6, 6.07) is 4.81. The van der Waals surface area contributed by atoms with Gasteiger partial charge in [-0.25, -0.2) is 9.38 Å². The number of rotatable bonds is 3. The van der Waals surface area contributed by atoms with Gasteiger partial charge in [0, 0.05) is 11.9 Å². The Balaban J connectivity index is 1.57. The number of guanidine groups is 1. The Morgan fingerprint density at radius 2 is 2.23 bits per heavy atom. The Labute approximate surface area is 152 Å². The Kier molecular flexibility index (Phi) is 4.24. The third kappa shape index (κ3) is 2.98. The maximum absolute atomic E-state index is 13.6. The van der Waals surface area contributed by atoms with E-state index < -0.39 is 0 Å². The van der Waals surface area contributed by atoms with E-state index >= 15 is 0 Å². The van der Waals surface area contributed by atoms with Crippen LogP contribution in [0.5, 0.6) is 0 Å². The van der Waals surface area contributed by atoms with E-state index in [2.05, 4.69) is 32.5 Å². The van der Waals surface area contributed by atoms with Crippen LogP contribution in [0.3, 0.4) is 0 Å². The van der Waals surface area contributed by atoms with Crippen LogP contribution in [0.1, 0.15) is 5.56 Å². The van der Waals surface area contributed by atoms with Crippen LogP contribution in [0.2, 0.25) is 0 Å². The van der Waals surface area contributed by atoms with Crippen LogP contribution < -0.4 is 5.32 Å². The summed E-state index contributed by atoms with van der Waals surface area (Å²) >= 11 is 0. The van der Waals surface area contributed by atoms with Crippen molar-refractivity contribution < 1.29 is 9.13 Å². The molecule has 1 aliphatic carbocycles. The lowest BCUT2D eigenvalue weighted by molar-refractivity contribution is 0.0981. The minimum absolute atomic E-state index is 0.0811. The summed E-state index contributed by atoms with van der Waals surface area (Å²) in [7, 11) is 1.67. The van der Waals surface area contributed by atoms with Crippen molar-refractivity contribution in [3.8, 4) is 0 Å². The fourth-order valence-electron chi connectivity index (χ4n) is 3.29. The van der Waals surface area contributed by atoms with E-state index in [-0.39, 0.29) is 11.9 Å². The number of methoxy groups -OCH3 is 1. The number of allylic oxidation sites excluding steroid dienone is 3. The molecule has 0 fully saturated rings. The topological polar surface area (TPSA) is 40.1 Å². The highest BCUT2D eigenvalue weighted by Crippen LogP contribution is 2.28. The molecule has 0 radical (unpaired) electrons. The predicted molar refractivity (Wildman–Crippen MR) is 101 cm³/mol. The fourth-order valence-corrected chi connectivity index (χ4v) is 3.29. The number of halogens is 1. The number of aliphatic imine (C=N–C) groups is 1. The maximum atomic E-state index is 13.6. The van der Waals surface area contributed by atoms with Crippen molar-refractivity contribution in [2.75, 3.05) is 25.5 Å². The third-order valence-electron chi connectivity index (χ3n) is 4.68. The van der Waals surface area contributed by atoms with Gasteiger partial charge in [0.1, 0.15) is 11.6 Å². The lowest BCUT2D eigenvalue weighted by atomic mass is 9.98. The number of nitrogens with one attached hydrogen (secondary N) is 1. The van der Waals surface area contributed by atoms with Gasteiger partial charge in [-0.1, -0.05) is 18.2 Å². The van der Waals surface area contributed by atoms with Gasteiger partial charge in [-0.3, -0.25) is 10.0 Å². The summed E-state index contributed by atoms with van der Waals surface area (Å²) in [5.74, 6) is 1.30. The number of ether oxygens (including phenoxy) is 1. The third-order valence-corrected chi connectivity index (χ3v) is 4.68. The summed E-state index contributed by atoms with van der Waals surface area (Å²) in [5, 5.41) is 7.52. The lowest BCUT2D eigenvalue weighted by Gasteiger charge is -2.40. The zero-order chi connectivity index (χ0) is 18.1.